The summed E-state index contributed by atoms with van der Waals surface area (Å²) in [6.07, 6.45) is 1.41. The molecule has 3 atom stereocenters. The van der Waals surface area contributed by atoms with Gasteiger partial charge in [0.15, 0.2) is 0 Å². The molecule has 1 aromatic rings. The first-order chi connectivity index (χ1) is 8.04. The minimum Gasteiger partial charge on any atom is -0.379 e. The summed E-state index contributed by atoms with van der Waals surface area (Å²) in [6.45, 7) is 4.42. The molecular formula is C10H17N5O2. The summed E-state index contributed by atoms with van der Waals surface area (Å²) in [7, 11) is 0. The molecule has 1 aromatic heterocycles. The maximum absolute atomic E-state index is 12.1. The third-order valence-corrected chi connectivity index (χ3v) is 3.23. The first-order valence-corrected chi connectivity index (χ1v) is 5.53. The van der Waals surface area contributed by atoms with Crippen LogP contribution in [0.2, 0.25) is 0 Å². The highest BCUT2D eigenvalue weighted by Gasteiger charge is 2.44. The number of aromatic amines is 1. The van der Waals surface area contributed by atoms with Gasteiger partial charge >= 0.3 is 0 Å². The van der Waals surface area contributed by atoms with E-state index in [1.165, 1.54) is 6.33 Å². The number of carbonyl (C=O) groups is 1. The van der Waals surface area contributed by atoms with Gasteiger partial charge in [-0.3, -0.25) is 9.89 Å². The van der Waals surface area contributed by atoms with E-state index in [-0.39, 0.29) is 18.0 Å². The topological polar surface area (TPSA) is 106 Å². The van der Waals surface area contributed by atoms with Gasteiger partial charge in [0.25, 0.3) is 0 Å². The Kier molecular flexibility index (Phi) is 3.12. The van der Waals surface area contributed by atoms with Crippen LogP contribution in [0.3, 0.4) is 0 Å². The summed E-state index contributed by atoms with van der Waals surface area (Å²) < 4.78 is 5.24. The lowest BCUT2D eigenvalue weighted by Gasteiger charge is -2.26. The Morgan fingerprint density at radius 2 is 2.59 bits per heavy atom. The maximum atomic E-state index is 12.1. The first-order valence-electron chi connectivity index (χ1n) is 5.53. The number of hydrogen-bond donors (Lipinski definition) is 3. The molecule has 1 aliphatic heterocycles. The molecule has 0 aromatic carbocycles. The first kappa shape index (κ1) is 12.0. The van der Waals surface area contributed by atoms with Crippen molar-refractivity contribution < 1.29 is 9.53 Å². The molecular weight excluding hydrogens is 222 g/mol. The molecule has 2 heterocycles. The summed E-state index contributed by atoms with van der Waals surface area (Å²) in [4.78, 5) is 16.1. The van der Waals surface area contributed by atoms with E-state index >= 15 is 0 Å². The third kappa shape index (κ3) is 2.16. The van der Waals surface area contributed by atoms with Crippen LogP contribution in [-0.4, -0.2) is 40.3 Å². The van der Waals surface area contributed by atoms with Crippen LogP contribution in [0.25, 0.3) is 0 Å². The second kappa shape index (κ2) is 4.42. The molecule has 3 unspecified atom stereocenters. The number of aromatic nitrogens is 3. The van der Waals surface area contributed by atoms with Crippen LogP contribution in [0.1, 0.15) is 25.7 Å². The zero-order chi connectivity index (χ0) is 12.5. The molecule has 4 N–H and O–H groups in total. The number of nitrogens with two attached hydrogens (primary N) is 1. The van der Waals surface area contributed by atoms with Crippen molar-refractivity contribution in [2.24, 2.45) is 11.1 Å². The molecule has 1 amide bonds. The van der Waals surface area contributed by atoms with Crippen molar-refractivity contribution in [3.63, 3.8) is 0 Å². The number of carbonyl (C=O) groups excluding carboxylic acids is 1. The van der Waals surface area contributed by atoms with Crippen LogP contribution < -0.4 is 11.1 Å². The molecule has 7 heteroatoms. The van der Waals surface area contributed by atoms with E-state index in [2.05, 4.69) is 20.5 Å². The van der Waals surface area contributed by atoms with Crippen molar-refractivity contribution in [3.05, 3.63) is 12.2 Å². The summed E-state index contributed by atoms with van der Waals surface area (Å²) in [6, 6.07) is -0.501. The van der Waals surface area contributed by atoms with Crippen molar-refractivity contribution >= 4 is 5.91 Å². The normalized spacial score (nSPS) is 30.2. The SMILES string of the molecule is CC(NC(=O)C1(C)COCC1N)c1ncn[nH]1. The predicted octanol–water partition coefficient (Wildman–Crippen LogP) is -0.654. The number of amides is 1. The smallest absolute Gasteiger partial charge is 0.230 e. The van der Waals surface area contributed by atoms with Crippen LogP contribution >= 0.6 is 0 Å². The van der Waals surface area contributed by atoms with Gasteiger partial charge in [-0.15, -0.1) is 0 Å². The zero-order valence-corrected chi connectivity index (χ0v) is 9.93. The quantitative estimate of drug-likeness (QED) is 0.649. The van der Waals surface area contributed by atoms with E-state index in [1.807, 2.05) is 13.8 Å². The highest BCUT2D eigenvalue weighted by atomic mass is 16.5. The van der Waals surface area contributed by atoms with Crippen LogP contribution in [0.5, 0.6) is 0 Å². The lowest BCUT2D eigenvalue weighted by molar-refractivity contribution is -0.131. The molecule has 1 aliphatic rings. The van der Waals surface area contributed by atoms with Crippen LogP contribution in [0, 0.1) is 5.41 Å². The van der Waals surface area contributed by atoms with Crippen molar-refractivity contribution in [1.82, 2.24) is 20.5 Å². The van der Waals surface area contributed by atoms with Gasteiger partial charge in [0.1, 0.15) is 12.2 Å². The van der Waals surface area contributed by atoms with E-state index in [1.54, 1.807) is 0 Å². The number of nitrogens with one attached hydrogen (secondary N) is 2. The molecule has 1 saturated heterocycles. The molecule has 17 heavy (non-hydrogen) atoms. The molecule has 1 fully saturated rings. The van der Waals surface area contributed by atoms with Crippen molar-refractivity contribution in [1.29, 1.82) is 0 Å². The van der Waals surface area contributed by atoms with Gasteiger partial charge in [-0.25, -0.2) is 4.98 Å². The van der Waals surface area contributed by atoms with E-state index < -0.39 is 5.41 Å². The average Bonchev–Trinajstić information content (AvgIpc) is 2.90. The number of hydrogen-bond acceptors (Lipinski definition) is 5. The Hall–Kier alpha value is -1.47. The van der Waals surface area contributed by atoms with E-state index in [0.717, 1.165) is 0 Å². The highest BCUT2D eigenvalue weighted by molar-refractivity contribution is 5.83. The van der Waals surface area contributed by atoms with Gasteiger partial charge in [-0.05, 0) is 13.8 Å². The molecule has 2 rings (SSSR count). The lowest BCUT2D eigenvalue weighted by atomic mass is 9.84. The zero-order valence-electron chi connectivity index (χ0n) is 9.93. The minimum atomic E-state index is -0.672. The van der Waals surface area contributed by atoms with Crippen LogP contribution in [0.15, 0.2) is 6.33 Å². The molecule has 0 bridgehead atoms. The molecule has 0 aliphatic carbocycles. The van der Waals surface area contributed by atoms with Gasteiger partial charge in [-0.1, -0.05) is 0 Å². The Morgan fingerprint density at radius 1 is 1.82 bits per heavy atom. The Labute approximate surface area is 99.1 Å². The fourth-order valence-corrected chi connectivity index (χ4v) is 1.78. The maximum Gasteiger partial charge on any atom is 0.230 e. The fourth-order valence-electron chi connectivity index (χ4n) is 1.78. The minimum absolute atomic E-state index is 0.119. The highest BCUT2D eigenvalue weighted by Crippen LogP contribution is 2.27. The monoisotopic (exact) mass is 239 g/mol. The summed E-state index contributed by atoms with van der Waals surface area (Å²) in [5.74, 6) is 0.501. The standard InChI is InChI=1S/C10H17N5O2/c1-6(8-12-5-13-15-8)14-9(16)10(2)4-17-3-7(10)11/h5-7H,3-4,11H2,1-2H3,(H,14,16)(H,12,13,15). The van der Waals surface area contributed by atoms with Crippen molar-refractivity contribution in [2.45, 2.75) is 25.9 Å². The number of nitrogens with zero attached hydrogens (tertiary/aromatic N) is 2. The fraction of sp³-hybridized carbons (Fsp3) is 0.700. The van der Waals surface area contributed by atoms with Crippen molar-refractivity contribution in [2.75, 3.05) is 13.2 Å². The largest absolute Gasteiger partial charge is 0.379 e. The van der Waals surface area contributed by atoms with E-state index in [0.29, 0.717) is 19.0 Å². The second-order valence-electron chi connectivity index (χ2n) is 4.60. The van der Waals surface area contributed by atoms with Crippen molar-refractivity contribution in [3.8, 4) is 0 Å². The molecule has 0 radical (unpaired) electrons. The molecule has 94 valence electrons. The van der Waals surface area contributed by atoms with Gasteiger partial charge in [0.05, 0.1) is 24.7 Å². The number of ether oxygens (including phenoxy) is 1. The number of rotatable bonds is 3. The van der Waals surface area contributed by atoms with Gasteiger partial charge in [0, 0.05) is 6.04 Å². The third-order valence-electron chi connectivity index (χ3n) is 3.23. The molecule has 0 saturated carbocycles. The average molecular weight is 239 g/mol. The predicted molar refractivity (Wildman–Crippen MR) is 59.8 cm³/mol. The molecule has 0 spiro atoms. The summed E-state index contributed by atoms with van der Waals surface area (Å²) >= 11 is 0. The van der Waals surface area contributed by atoms with Crippen LogP contribution in [-0.2, 0) is 9.53 Å². The van der Waals surface area contributed by atoms with Gasteiger partial charge in [-0.2, -0.15) is 5.10 Å². The van der Waals surface area contributed by atoms with Gasteiger partial charge < -0.3 is 15.8 Å². The summed E-state index contributed by atoms with van der Waals surface area (Å²) in [5.41, 5.74) is 5.21. The van der Waals surface area contributed by atoms with E-state index in [9.17, 15) is 4.79 Å². The van der Waals surface area contributed by atoms with Crippen LogP contribution in [0.4, 0.5) is 0 Å². The Morgan fingerprint density at radius 3 is 3.12 bits per heavy atom. The Bertz CT molecular complexity index is 393. The summed E-state index contributed by atoms with van der Waals surface area (Å²) in [5, 5.41) is 9.32. The lowest BCUT2D eigenvalue weighted by Crippen LogP contribution is -2.50. The number of H-pyrrole nitrogens is 1. The Balaban J connectivity index is 2.02. The molecule has 7 nitrogen and oxygen atoms in total. The van der Waals surface area contributed by atoms with E-state index in [4.69, 9.17) is 10.5 Å². The van der Waals surface area contributed by atoms with Gasteiger partial charge in [0.2, 0.25) is 5.91 Å². The second-order valence-corrected chi connectivity index (χ2v) is 4.60.